The summed E-state index contributed by atoms with van der Waals surface area (Å²) in [6.45, 7) is 0. The Morgan fingerprint density at radius 2 is 0.723 bits per heavy atom. The van der Waals surface area contributed by atoms with Gasteiger partial charge in [-0.2, -0.15) is 0 Å². The predicted octanol–water partition coefficient (Wildman–Crippen LogP) is 13.0. The number of para-hydroxylation sites is 1. The molecular weight excluding hydrogens is 567 g/mol. The zero-order valence-corrected chi connectivity index (χ0v) is 26.0. The molecule has 0 heterocycles. The van der Waals surface area contributed by atoms with Crippen LogP contribution in [0.3, 0.4) is 0 Å². The molecule has 8 aromatic rings. The molecule has 0 bridgehead atoms. The van der Waals surface area contributed by atoms with E-state index in [0.29, 0.717) is 0 Å². The van der Waals surface area contributed by atoms with Crippen molar-refractivity contribution in [3.05, 3.63) is 200 Å². The van der Waals surface area contributed by atoms with Gasteiger partial charge in [0.05, 0.1) is 5.69 Å². The molecule has 8 rings (SSSR count). The van der Waals surface area contributed by atoms with E-state index in [4.69, 9.17) is 0 Å². The fourth-order valence-corrected chi connectivity index (χ4v) is 6.57. The van der Waals surface area contributed by atoms with E-state index in [2.05, 4.69) is 205 Å². The van der Waals surface area contributed by atoms with Crippen molar-refractivity contribution < 1.29 is 0 Å². The van der Waals surface area contributed by atoms with Gasteiger partial charge in [-0.25, -0.2) is 0 Å². The standard InChI is InChI=1S/C46H33N/c1-3-16-35(17-4-1)43-25-9-10-26-44(43)40-22-14-24-42(33-40)47(46-28-12-11-27-45(46)36-18-5-2-6-19-36)41-23-13-21-38(32-41)39-30-29-34-15-7-8-20-37(34)31-39/h1-33H. The van der Waals surface area contributed by atoms with E-state index in [0.717, 1.165) is 17.1 Å². The van der Waals surface area contributed by atoms with E-state index in [9.17, 15) is 0 Å². The minimum absolute atomic E-state index is 1.10. The third-order valence-electron chi connectivity index (χ3n) is 8.84. The first-order chi connectivity index (χ1) is 23.3. The lowest BCUT2D eigenvalue weighted by Crippen LogP contribution is -2.11. The van der Waals surface area contributed by atoms with Crippen LogP contribution in [0.5, 0.6) is 0 Å². The summed E-state index contributed by atoms with van der Waals surface area (Å²) in [5.74, 6) is 0. The Morgan fingerprint density at radius 3 is 1.43 bits per heavy atom. The molecule has 0 aliphatic carbocycles. The molecule has 0 N–H and O–H groups in total. The third kappa shape index (κ3) is 5.72. The maximum Gasteiger partial charge on any atom is 0.0540 e. The van der Waals surface area contributed by atoms with Gasteiger partial charge in [-0.3, -0.25) is 0 Å². The Balaban J connectivity index is 1.31. The SMILES string of the molecule is c1ccc(-c2ccccc2-c2cccc(N(c3cccc(-c4ccc5ccccc5c4)c3)c3ccccc3-c3ccccc3)c2)cc1. The number of benzene rings is 8. The Morgan fingerprint density at radius 1 is 0.255 bits per heavy atom. The van der Waals surface area contributed by atoms with Gasteiger partial charge in [0.1, 0.15) is 0 Å². The van der Waals surface area contributed by atoms with Gasteiger partial charge in [-0.05, 0) is 86.1 Å². The number of hydrogen-bond acceptors (Lipinski definition) is 1. The first kappa shape index (κ1) is 28.3. The van der Waals surface area contributed by atoms with Crippen molar-refractivity contribution in [3.63, 3.8) is 0 Å². The lowest BCUT2D eigenvalue weighted by atomic mass is 9.94. The fourth-order valence-electron chi connectivity index (χ4n) is 6.57. The van der Waals surface area contributed by atoms with Crippen molar-refractivity contribution in [2.24, 2.45) is 0 Å². The van der Waals surface area contributed by atoms with E-state index in [1.807, 2.05) is 0 Å². The van der Waals surface area contributed by atoms with Gasteiger partial charge >= 0.3 is 0 Å². The molecule has 0 saturated heterocycles. The van der Waals surface area contributed by atoms with Crippen LogP contribution >= 0.6 is 0 Å². The van der Waals surface area contributed by atoms with Crippen molar-refractivity contribution in [2.75, 3.05) is 4.90 Å². The second kappa shape index (κ2) is 12.7. The Kier molecular flexibility index (Phi) is 7.63. The molecule has 0 saturated carbocycles. The Hall–Kier alpha value is -6.18. The molecule has 222 valence electrons. The van der Waals surface area contributed by atoms with E-state index in [1.54, 1.807) is 0 Å². The summed E-state index contributed by atoms with van der Waals surface area (Å²) in [4.78, 5) is 2.40. The summed E-state index contributed by atoms with van der Waals surface area (Å²) in [6, 6.07) is 71.9. The van der Waals surface area contributed by atoms with E-state index in [-0.39, 0.29) is 0 Å². The van der Waals surface area contributed by atoms with Gasteiger partial charge in [0.15, 0.2) is 0 Å². The molecule has 8 aromatic carbocycles. The molecule has 47 heavy (non-hydrogen) atoms. The Bertz CT molecular complexity index is 2300. The summed E-state index contributed by atoms with van der Waals surface area (Å²) in [5, 5.41) is 2.49. The summed E-state index contributed by atoms with van der Waals surface area (Å²) in [7, 11) is 0. The molecule has 0 atom stereocenters. The first-order valence-electron chi connectivity index (χ1n) is 16.1. The minimum Gasteiger partial charge on any atom is -0.310 e. The summed E-state index contributed by atoms with van der Waals surface area (Å²) in [6.07, 6.45) is 0. The van der Waals surface area contributed by atoms with Crippen molar-refractivity contribution in [2.45, 2.75) is 0 Å². The highest BCUT2D eigenvalue weighted by Gasteiger charge is 2.19. The minimum atomic E-state index is 1.10. The number of anilines is 3. The van der Waals surface area contributed by atoms with Crippen LogP contribution in [-0.4, -0.2) is 0 Å². The second-order valence-electron chi connectivity index (χ2n) is 11.8. The van der Waals surface area contributed by atoms with Crippen molar-refractivity contribution in [1.82, 2.24) is 0 Å². The fraction of sp³-hybridized carbons (Fsp3) is 0. The zero-order valence-electron chi connectivity index (χ0n) is 26.0. The average Bonchev–Trinajstić information content (AvgIpc) is 3.16. The van der Waals surface area contributed by atoms with Gasteiger partial charge in [0.25, 0.3) is 0 Å². The van der Waals surface area contributed by atoms with Crippen LogP contribution in [0.1, 0.15) is 0 Å². The van der Waals surface area contributed by atoms with Gasteiger partial charge in [0, 0.05) is 16.9 Å². The predicted molar refractivity (Wildman–Crippen MR) is 200 cm³/mol. The van der Waals surface area contributed by atoms with Crippen molar-refractivity contribution >= 4 is 27.8 Å². The highest BCUT2D eigenvalue weighted by atomic mass is 15.1. The van der Waals surface area contributed by atoms with Crippen molar-refractivity contribution in [3.8, 4) is 44.5 Å². The highest BCUT2D eigenvalue weighted by Crippen LogP contribution is 2.43. The van der Waals surface area contributed by atoms with Crippen LogP contribution in [0, 0.1) is 0 Å². The maximum absolute atomic E-state index is 2.40. The van der Waals surface area contributed by atoms with Gasteiger partial charge < -0.3 is 4.90 Å². The van der Waals surface area contributed by atoms with Crippen LogP contribution in [-0.2, 0) is 0 Å². The lowest BCUT2D eigenvalue weighted by molar-refractivity contribution is 1.28. The van der Waals surface area contributed by atoms with Crippen molar-refractivity contribution in [1.29, 1.82) is 0 Å². The molecule has 1 nitrogen and oxygen atoms in total. The van der Waals surface area contributed by atoms with E-state index in [1.165, 1.54) is 55.3 Å². The molecular formula is C46H33N. The zero-order chi connectivity index (χ0) is 31.4. The number of hydrogen-bond donors (Lipinski definition) is 0. The van der Waals surface area contributed by atoms with Gasteiger partial charge in [-0.1, -0.05) is 164 Å². The highest BCUT2D eigenvalue weighted by molar-refractivity contribution is 5.92. The molecule has 0 amide bonds. The van der Waals surface area contributed by atoms with Gasteiger partial charge in [0.2, 0.25) is 0 Å². The van der Waals surface area contributed by atoms with Crippen LogP contribution in [0.2, 0.25) is 0 Å². The lowest BCUT2D eigenvalue weighted by Gasteiger charge is -2.29. The molecule has 0 radical (unpaired) electrons. The molecule has 0 spiro atoms. The number of fused-ring (bicyclic) bond motifs is 1. The summed E-state index contributed by atoms with van der Waals surface area (Å²) in [5.41, 5.74) is 12.9. The van der Waals surface area contributed by atoms with E-state index < -0.39 is 0 Å². The van der Waals surface area contributed by atoms with Gasteiger partial charge in [-0.15, -0.1) is 0 Å². The van der Waals surface area contributed by atoms with Crippen LogP contribution in [0.25, 0.3) is 55.3 Å². The maximum atomic E-state index is 2.40. The van der Waals surface area contributed by atoms with E-state index >= 15 is 0 Å². The van der Waals surface area contributed by atoms with Crippen LogP contribution in [0.4, 0.5) is 17.1 Å². The molecule has 0 unspecified atom stereocenters. The smallest absolute Gasteiger partial charge is 0.0540 e. The molecule has 1 heteroatoms. The monoisotopic (exact) mass is 599 g/mol. The normalized spacial score (nSPS) is 11.0. The second-order valence-corrected chi connectivity index (χ2v) is 11.8. The summed E-state index contributed by atoms with van der Waals surface area (Å²) >= 11 is 0. The van der Waals surface area contributed by atoms with Crippen LogP contribution < -0.4 is 4.90 Å². The molecule has 0 aliphatic rings. The molecule has 0 fully saturated rings. The summed E-state index contributed by atoms with van der Waals surface area (Å²) < 4.78 is 0. The molecule has 0 aliphatic heterocycles. The third-order valence-corrected chi connectivity index (χ3v) is 8.84. The van der Waals surface area contributed by atoms with Crippen LogP contribution in [0.15, 0.2) is 200 Å². The topological polar surface area (TPSA) is 3.24 Å². The number of rotatable bonds is 7. The quantitative estimate of drug-likeness (QED) is 0.176. The first-order valence-corrected chi connectivity index (χ1v) is 16.1. The molecule has 0 aromatic heterocycles. The Labute approximate surface area is 276 Å². The largest absolute Gasteiger partial charge is 0.310 e. The average molecular weight is 600 g/mol. The number of nitrogens with zero attached hydrogens (tertiary/aromatic N) is 1.